The Morgan fingerprint density at radius 3 is 2.80 bits per heavy atom. The van der Waals surface area contributed by atoms with Crippen LogP contribution >= 0.6 is 15.9 Å². The number of para-hydroxylation sites is 1. The van der Waals surface area contributed by atoms with Crippen molar-refractivity contribution in [2.24, 2.45) is 0 Å². The van der Waals surface area contributed by atoms with Crippen molar-refractivity contribution < 1.29 is 0 Å². The van der Waals surface area contributed by atoms with Gasteiger partial charge >= 0.3 is 0 Å². The first-order valence-electron chi connectivity index (χ1n) is 7.04. The molecule has 0 amide bonds. The molecule has 2 aromatic carbocycles. The predicted molar refractivity (Wildman–Crippen MR) is 88.3 cm³/mol. The zero-order chi connectivity index (χ0) is 13.9. The first kappa shape index (κ1) is 13.7. The highest BCUT2D eigenvalue weighted by molar-refractivity contribution is 9.10. The van der Waals surface area contributed by atoms with E-state index in [1.54, 1.807) is 0 Å². The second-order valence-corrected chi connectivity index (χ2v) is 6.17. The molecule has 1 fully saturated rings. The highest BCUT2D eigenvalue weighted by Gasteiger charge is 2.24. The molecule has 1 saturated heterocycles. The predicted octanol–water partition coefficient (Wildman–Crippen LogP) is 3.91. The molecule has 1 heterocycles. The topological polar surface area (TPSA) is 15.3 Å². The van der Waals surface area contributed by atoms with Gasteiger partial charge in [-0.2, -0.15) is 0 Å². The number of benzene rings is 2. The summed E-state index contributed by atoms with van der Waals surface area (Å²) >= 11 is 3.58. The van der Waals surface area contributed by atoms with Crippen molar-refractivity contribution in [2.75, 3.05) is 24.5 Å². The second kappa shape index (κ2) is 5.98. The normalized spacial score (nSPS) is 19.1. The zero-order valence-electron chi connectivity index (χ0n) is 11.6. The summed E-state index contributed by atoms with van der Waals surface area (Å²) in [4.78, 5) is 2.52. The van der Waals surface area contributed by atoms with Crippen molar-refractivity contribution in [3.8, 4) is 0 Å². The lowest BCUT2D eigenvalue weighted by molar-refractivity contribution is 0.489. The van der Waals surface area contributed by atoms with Crippen molar-refractivity contribution in [1.29, 1.82) is 0 Å². The van der Waals surface area contributed by atoms with Crippen molar-refractivity contribution in [3.63, 3.8) is 0 Å². The Hall–Kier alpha value is -1.32. The fraction of sp³-hybridized carbons (Fsp3) is 0.294. The summed E-state index contributed by atoms with van der Waals surface area (Å²) in [6.45, 7) is 5.26. The number of anilines is 1. The van der Waals surface area contributed by atoms with E-state index in [9.17, 15) is 0 Å². The molecule has 3 rings (SSSR count). The van der Waals surface area contributed by atoms with Crippen molar-refractivity contribution in [3.05, 3.63) is 64.1 Å². The molecule has 3 heteroatoms. The van der Waals surface area contributed by atoms with Gasteiger partial charge in [0.05, 0.1) is 6.04 Å². The standard InChI is InChI=1S/C17H19BrN2/c1-13-5-2-3-8-16(13)20-10-9-19-12-17(20)14-6-4-7-15(18)11-14/h2-8,11,17,19H,9-10,12H2,1H3. The van der Waals surface area contributed by atoms with Crippen LogP contribution in [0.1, 0.15) is 17.2 Å². The summed E-state index contributed by atoms with van der Waals surface area (Å²) in [5.41, 5.74) is 4.04. The van der Waals surface area contributed by atoms with E-state index in [-0.39, 0.29) is 0 Å². The summed E-state index contributed by atoms with van der Waals surface area (Å²) in [6.07, 6.45) is 0. The van der Waals surface area contributed by atoms with E-state index in [1.165, 1.54) is 16.8 Å². The van der Waals surface area contributed by atoms with Gasteiger partial charge in [-0.15, -0.1) is 0 Å². The Labute approximate surface area is 128 Å². The summed E-state index contributed by atoms with van der Waals surface area (Å²) in [6, 6.07) is 17.7. The maximum Gasteiger partial charge on any atom is 0.0668 e. The average molecular weight is 331 g/mol. The number of nitrogens with one attached hydrogen (secondary N) is 1. The molecule has 0 spiro atoms. The van der Waals surface area contributed by atoms with Gasteiger partial charge in [0.15, 0.2) is 0 Å². The third-order valence-electron chi connectivity index (χ3n) is 3.90. The van der Waals surface area contributed by atoms with Crippen LogP contribution in [0.15, 0.2) is 53.0 Å². The van der Waals surface area contributed by atoms with E-state index in [0.29, 0.717) is 6.04 Å². The van der Waals surface area contributed by atoms with E-state index in [0.717, 1.165) is 24.1 Å². The van der Waals surface area contributed by atoms with E-state index in [1.807, 2.05) is 0 Å². The van der Waals surface area contributed by atoms with Crippen molar-refractivity contribution in [1.82, 2.24) is 5.32 Å². The lowest BCUT2D eigenvalue weighted by atomic mass is 10.0. The van der Waals surface area contributed by atoms with Gasteiger partial charge in [-0.3, -0.25) is 0 Å². The molecule has 0 saturated carbocycles. The van der Waals surface area contributed by atoms with Crippen LogP contribution in [0.3, 0.4) is 0 Å². The smallest absolute Gasteiger partial charge is 0.0668 e. The van der Waals surface area contributed by atoms with Crippen LogP contribution in [-0.4, -0.2) is 19.6 Å². The first-order chi connectivity index (χ1) is 9.75. The van der Waals surface area contributed by atoms with Gasteiger partial charge in [-0.25, -0.2) is 0 Å². The molecular formula is C17H19BrN2. The molecule has 1 atom stereocenters. The van der Waals surface area contributed by atoms with Gasteiger partial charge in [0.25, 0.3) is 0 Å². The summed E-state index contributed by atoms with van der Waals surface area (Å²) in [7, 11) is 0. The Morgan fingerprint density at radius 1 is 1.15 bits per heavy atom. The third kappa shape index (κ3) is 2.74. The molecule has 0 aromatic heterocycles. The van der Waals surface area contributed by atoms with Gasteiger partial charge in [0, 0.05) is 29.8 Å². The van der Waals surface area contributed by atoms with Crippen LogP contribution in [0.2, 0.25) is 0 Å². The van der Waals surface area contributed by atoms with E-state index in [2.05, 4.69) is 81.6 Å². The molecule has 20 heavy (non-hydrogen) atoms. The van der Waals surface area contributed by atoms with Gasteiger partial charge in [0.1, 0.15) is 0 Å². The van der Waals surface area contributed by atoms with Crippen LogP contribution < -0.4 is 10.2 Å². The van der Waals surface area contributed by atoms with Gasteiger partial charge in [-0.1, -0.05) is 46.3 Å². The lowest BCUT2D eigenvalue weighted by Gasteiger charge is -2.39. The molecule has 0 aliphatic carbocycles. The Kier molecular flexibility index (Phi) is 4.08. The maximum absolute atomic E-state index is 3.58. The fourth-order valence-electron chi connectivity index (χ4n) is 2.89. The largest absolute Gasteiger partial charge is 0.362 e. The van der Waals surface area contributed by atoms with E-state index < -0.39 is 0 Å². The van der Waals surface area contributed by atoms with Crippen molar-refractivity contribution >= 4 is 21.6 Å². The third-order valence-corrected chi connectivity index (χ3v) is 4.39. The number of hydrogen-bond acceptors (Lipinski definition) is 2. The fourth-order valence-corrected chi connectivity index (χ4v) is 3.31. The second-order valence-electron chi connectivity index (χ2n) is 5.25. The van der Waals surface area contributed by atoms with Crippen LogP contribution in [0.4, 0.5) is 5.69 Å². The number of hydrogen-bond donors (Lipinski definition) is 1. The monoisotopic (exact) mass is 330 g/mol. The van der Waals surface area contributed by atoms with Crippen LogP contribution in [0.25, 0.3) is 0 Å². The minimum Gasteiger partial charge on any atom is -0.362 e. The van der Waals surface area contributed by atoms with Gasteiger partial charge in [0.2, 0.25) is 0 Å². The van der Waals surface area contributed by atoms with Crippen LogP contribution in [-0.2, 0) is 0 Å². The average Bonchev–Trinajstić information content (AvgIpc) is 2.48. The minimum atomic E-state index is 0.391. The van der Waals surface area contributed by atoms with Gasteiger partial charge in [-0.05, 0) is 36.2 Å². The van der Waals surface area contributed by atoms with Gasteiger partial charge < -0.3 is 10.2 Å². The Bertz CT molecular complexity index is 597. The number of halogens is 1. The first-order valence-corrected chi connectivity index (χ1v) is 7.83. The molecule has 1 aliphatic rings. The SMILES string of the molecule is Cc1ccccc1N1CCNCC1c1cccc(Br)c1. The zero-order valence-corrected chi connectivity index (χ0v) is 13.2. The molecule has 0 radical (unpaired) electrons. The molecule has 0 bridgehead atoms. The molecule has 1 N–H and O–H groups in total. The number of aryl methyl sites for hydroxylation is 1. The maximum atomic E-state index is 3.58. The number of piperazine rings is 1. The van der Waals surface area contributed by atoms with E-state index in [4.69, 9.17) is 0 Å². The summed E-state index contributed by atoms with van der Waals surface area (Å²) in [5.74, 6) is 0. The van der Waals surface area contributed by atoms with Crippen LogP contribution in [0, 0.1) is 6.92 Å². The molecule has 104 valence electrons. The number of rotatable bonds is 2. The quantitative estimate of drug-likeness (QED) is 0.898. The number of nitrogens with zero attached hydrogens (tertiary/aromatic N) is 1. The van der Waals surface area contributed by atoms with Crippen molar-refractivity contribution in [2.45, 2.75) is 13.0 Å². The molecule has 1 unspecified atom stereocenters. The summed E-state index contributed by atoms with van der Waals surface area (Å²) in [5, 5.41) is 3.52. The molecule has 1 aliphatic heterocycles. The highest BCUT2D eigenvalue weighted by Crippen LogP contribution is 2.31. The molecular weight excluding hydrogens is 312 g/mol. The lowest BCUT2D eigenvalue weighted by Crippen LogP contribution is -2.46. The Morgan fingerprint density at radius 2 is 2.00 bits per heavy atom. The Balaban J connectivity index is 1.98. The van der Waals surface area contributed by atoms with Crippen LogP contribution in [0.5, 0.6) is 0 Å². The highest BCUT2D eigenvalue weighted by atomic mass is 79.9. The van der Waals surface area contributed by atoms with E-state index >= 15 is 0 Å². The minimum absolute atomic E-state index is 0.391. The molecule has 2 nitrogen and oxygen atoms in total. The molecule has 2 aromatic rings. The summed E-state index contributed by atoms with van der Waals surface area (Å²) < 4.78 is 1.14.